The fourth-order valence-corrected chi connectivity index (χ4v) is 5.56. The third-order valence-electron chi connectivity index (χ3n) is 7.68. The number of halogens is 3. The van der Waals surface area contributed by atoms with Crippen molar-refractivity contribution in [3.8, 4) is 0 Å². The quantitative estimate of drug-likeness (QED) is 0.233. The van der Waals surface area contributed by atoms with E-state index >= 15 is 0 Å². The number of nitro benzene ring substituents is 1. The van der Waals surface area contributed by atoms with Crippen molar-refractivity contribution in [3.05, 3.63) is 75.3 Å². The van der Waals surface area contributed by atoms with Gasteiger partial charge in [-0.1, -0.05) is 56.0 Å². The van der Waals surface area contributed by atoms with E-state index in [1.807, 2.05) is 6.07 Å². The van der Waals surface area contributed by atoms with Crippen LogP contribution in [0.2, 0.25) is 0 Å². The van der Waals surface area contributed by atoms with E-state index in [0.29, 0.717) is 24.7 Å². The number of rotatable bonds is 9. The Morgan fingerprint density at radius 3 is 2.22 bits per heavy atom. The molecule has 4 rings (SSSR count). The van der Waals surface area contributed by atoms with Gasteiger partial charge in [0.1, 0.15) is 0 Å². The van der Waals surface area contributed by atoms with Gasteiger partial charge in [0, 0.05) is 70.5 Å². The van der Waals surface area contributed by atoms with Crippen LogP contribution in [0, 0.1) is 10.1 Å². The van der Waals surface area contributed by atoms with Gasteiger partial charge in [0.25, 0.3) is 5.69 Å². The number of hydrogen-bond acceptors (Lipinski definition) is 5. The minimum Gasteiger partial charge on any atom is -0.300 e. The summed E-state index contributed by atoms with van der Waals surface area (Å²) in [5.74, 6) is 0. The number of nitrogens with zero attached hydrogens (tertiary/aromatic N) is 4. The number of nitro groups is 1. The van der Waals surface area contributed by atoms with Crippen LogP contribution < -0.4 is 0 Å². The summed E-state index contributed by atoms with van der Waals surface area (Å²) in [6.45, 7) is 6.47. The second kappa shape index (κ2) is 12.8. The van der Waals surface area contributed by atoms with E-state index in [9.17, 15) is 23.3 Å². The zero-order valence-corrected chi connectivity index (χ0v) is 21.3. The largest absolute Gasteiger partial charge is 0.416 e. The molecule has 2 aromatic carbocycles. The van der Waals surface area contributed by atoms with Crippen LogP contribution in [0.3, 0.4) is 0 Å². The molecule has 6 nitrogen and oxygen atoms in total. The molecular weight excluding hydrogens is 481 g/mol. The van der Waals surface area contributed by atoms with Gasteiger partial charge >= 0.3 is 6.18 Å². The van der Waals surface area contributed by atoms with E-state index in [4.69, 9.17) is 0 Å². The third-order valence-corrected chi connectivity index (χ3v) is 7.68. The first-order chi connectivity index (χ1) is 17.8. The number of alkyl halides is 3. The Kier molecular flexibility index (Phi) is 9.56. The summed E-state index contributed by atoms with van der Waals surface area (Å²) in [7, 11) is 0. The standard InChI is InChI=1S/C28H37F3N4O2/c29-28(30,31)25-9-5-7-23(19-25)21-33-15-13-32(14-16-33)17-18-34(26-10-3-1-2-4-11-26)22-24-8-6-12-27(20-24)35(36)37/h5-9,12,19-20,26H,1-4,10-11,13-18,21-22H2. The Morgan fingerprint density at radius 1 is 0.892 bits per heavy atom. The zero-order valence-electron chi connectivity index (χ0n) is 21.3. The third kappa shape index (κ3) is 8.25. The average Bonchev–Trinajstić information content (AvgIpc) is 3.17. The van der Waals surface area contributed by atoms with Crippen LogP contribution in [0.4, 0.5) is 18.9 Å². The lowest BCUT2D eigenvalue weighted by molar-refractivity contribution is -0.384. The highest BCUT2D eigenvalue weighted by Crippen LogP contribution is 2.30. The van der Waals surface area contributed by atoms with Crippen molar-refractivity contribution in [2.24, 2.45) is 0 Å². The van der Waals surface area contributed by atoms with E-state index in [1.54, 1.807) is 24.3 Å². The SMILES string of the molecule is O=[N+]([O-])c1cccc(CN(CCN2CCN(Cc3cccc(C(F)(F)F)c3)CC2)C2CCCCCC2)c1. The second-order valence-electron chi connectivity index (χ2n) is 10.4. The first-order valence-electron chi connectivity index (χ1n) is 13.4. The molecule has 202 valence electrons. The van der Waals surface area contributed by atoms with Gasteiger partial charge in [-0.2, -0.15) is 13.2 Å². The summed E-state index contributed by atoms with van der Waals surface area (Å²) in [4.78, 5) is 18.1. The molecule has 1 aliphatic heterocycles. The molecule has 2 aromatic rings. The fourth-order valence-electron chi connectivity index (χ4n) is 5.56. The molecule has 1 saturated carbocycles. The summed E-state index contributed by atoms with van der Waals surface area (Å²) in [5, 5.41) is 11.3. The van der Waals surface area contributed by atoms with Crippen molar-refractivity contribution in [1.29, 1.82) is 0 Å². The van der Waals surface area contributed by atoms with Crippen molar-refractivity contribution in [2.45, 2.75) is 63.8 Å². The van der Waals surface area contributed by atoms with Crippen molar-refractivity contribution < 1.29 is 18.1 Å². The van der Waals surface area contributed by atoms with Gasteiger partial charge in [0.2, 0.25) is 0 Å². The molecule has 9 heteroatoms. The van der Waals surface area contributed by atoms with Gasteiger partial charge in [-0.25, -0.2) is 0 Å². The highest BCUT2D eigenvalue weighted by Gasteiger charge is 2.30. The zero-order chi connectivity index (χ0) is 26.3. The van der Waals surface area contributed by atoms with E-state index in [1.165, 1.54) is 50.7 Å². The van der Waals surface area contributed by atoms with Gasteiger partial charge in [0.15, 0.2) is 0 Å². The van der Waals surface area contributed by atoms with Crippen LogP contribution >= 0.6 is 0 Å². The van der Waals surface area contributed by atoms with E-state index < -0.39 is 11.7 Å². The number of non-ortho nitro benzene ring substituents is 1. The molecule has 2 aliphatic rings. The molecule has 1 saturated heterocycles. The molecule has 0 radical (unpaired) electrons. The number of piperazine rings is 1. The van der Waals surface area contributed by atoms with Crippen molar-refractivity contribution in [2.75, 3.05) is 39.3 Å². The maximum absolute atomic E-state index is 13.0. The molecular formula is C28H37F3N4O2. The Morgan fingerprint density at radius 2 is 1.54 bits per heavy atom. The topological polar surface area (TPSA) is 52.9 Å². The van der Waals surface area contributed by atoms with Crippen LogP contribution in [0.5, 0.6) is 0 Å². The van der Waals surface area contributed by atoms with Crippen LogP contribution in [-0.2, 0) is 19.3 Å². The Hall–Kier alpha value is -2.49. The van der Waals surface area contributed by atoms with Crippen LogP contribution in [-0.4, -0.2) is 64.9 Å². The molecule has 2 fully saturated rings. The lowest BCUT2D eigenvalue weighted by atomic mass is 10.1. The lowest BCUT2D eigenvalue weighted by Gasteiger charge is -2.37. The molecule has 0 unspecified atom stereocenters. The summed E-state index contributed by atoms with van der Waals surface area (Å²) in [6.07, 6.45) is 3.01. The Balaban J connectivity index is 1.32. The fraction of sp³-hybridized carbons (Fsp3) is 0.571. The van der Waals surface area contributed by atoms with Gasteiger partial charge in [-0.15, -0.1) is 0 Å². The smallest absolute Gasteiger partial charge is 0.300 e. The van der Waals surface area contributed by atoms with Gasteiger partial charge in [0.05, 0.1) is 10.5 Å². The molecule has 0 aromatic heterocycles. The summed E-state index contributed by atoms with van der Waals surface area (Å²) in [6, 6.07) is 13.1. The second-order valence-corrected chi connectivity index (χ2v) is 10.4. The first kappa shape index (κ1) is 27.5. The molecule has 0 bridgehead atoms. The minimum absolute atomic E-state index is 0.134. The molecule has 37 heavy (non-hydrogen) atoms. The molecule has 1 heterocycles. The minimum atomic E-state index is -4.32. The average molecular weight is 519 g/mol. The lowest BCUT2D eigenvalue weighted by Crippen LogP contribution is -2.49. The van der Waals surface area contributed by atoms with E-state index in [2.05, 4.69) is 14.7 Å². The van der Waals surface area contributed by atoms with Crippen LogP contribution in [0.1, 0.15) is 55.2 Å². The molecule has 0 amide bonds. The number of hydrogen-bond donors (Lipinski definition) is 0. The highest BCUT2D eigenvalue weighted by atomic mass is 19.4. The Bertz CT molecular complexity index is 1020. The normalized spacial score (nSPS) is 18.7. The summed E-state index contributed by atoms with van der Waals surface area (Å²) in [5.41, 5.74) is 1.21. The van der Waals surface area contributed by atoms with E-state index in [-0.39, 0.29) is 10.6 Å². The van der Waals surface area contributed by atoms with Gasteiger partial charge < -0.3 is 0 Å². The van der Waals surface area contributed by atoms with Crippen LogP contribution in [0.15, 0.2) is 48.5 Å². The molecule has 0 atom stereocenters. The maximum Gasteiger partial charge on any atom is 0.416 e. The van der Waals surface area contributed by atoms with Crippen molar-refractivity contribution in [3.63, 3.8) is 0 Å². The van der Waals surface area contributed by atoms with Crippen LogP contribution in [0.25, 0.3) is 0 Å². The van der Waals surface area contributed by atoms with Gasteiger partial charge in [-0.3, -0.25) is 24.8 Å². The first-order valence-corrected chi connectivity index (χ1v) is 13.4. The monoisotopic (exact) mass is 518 g/mol. The Labute approximate surface area is 217 Å². The van der Waals surface area contributed by atoms with Crippen molar-refractivity contribution >= 4 is 5.69 Å². The number of benzene rings is 2. The molecule has 0 N–H and O–H groups in total. The van der Waals surface area contributed by atoms with Crippen molar-refractivity contribution in [1.82, 2.24) is 14.7 Å². The predicted molar refractivity (Wildman–Crippen MR) is 138 cm³/mol. The predicted octanol–water partition coefficient (Wildman–Crippen LogP) is 5.96. The van der Waals surface area contributed by atoms with E-state index in [0.717, 1.165) is 50.9 Å². The summed E-state index contributed by atoms with van der Waals surface area (Å²) >= 11 is 0. The highest BCUT2D eigenvalue weighted by molar-refractivity contribution is 5.34. The molecule has 0 spiro atoms. The maximum atomic E-state index is 13.0. The van der Waals surface area contributed by atoms with Gasteiger partial charge in [-0.05, 0) is 30.0 Å². The molecule has 1 aliphatic carbocycles. The summed E-state index contributed by atoms with van der Waals surface area (Å²) < 4.78 is 39.1.